The summed E-state index contributed by atoms with van der Waals surface area (Å²) < 4.78 is 0. The fourth-order valence-corrected chi connectivity index (χ4v) is 3.27. The minimum absolute atomic E-state index is 0.0179. The lowest BCUT2D eigenvalue weighted by Gasteiger charge is -2.25. The van der Waals surface area contributed by atoms with Gasteiger partial charge in [0.1, 0.15) is 0 Å². The highest BCUT2D eigenvalue weighted by Gasteiger charge is 2.26. The SMILES string of the molecule is CN(CC(=O)O)C1CCCN(C(=O)c2cnn(-c3ccccc3)n2)CC1. The molecular formula is C18H23N5O3. The first-order valence-corrected chi connectivity index (χ1v) is 8.73. The normalized spacial score (nSPS) is 17.9. The first-order valence-electron chi connectivity index (χ1n) is 8.73. The third-order valence-electron chi connectivity index (χ3n) is 4.69. The quantitative estimate of drug-likeness (QED) is 0.867. The molecule has 1 aromatic carbocycles. The maximum absolute atomic E-state index is 12.8. The number of carboxylic acids is 1. The number of likely N-dealkylation sites (tertiary alicyclic amines) is 1. The monoisotopic (exact) mass is 357 g/mol. The molecule has 2 aromatic rings. The number of hydrogen-bond acceptors (Lipinski definition) is 5. The van der Waals surface area contributed by atoms with Gasteiger partial charge in [-0.1, -0.05) is 18.2 Å². The Morgan fingerprint density at radius 2 is 2.00 bits per heavy atom. The fourth-order valence-electron chi connectivity index (χ4n) is 3.27. The van der Waals surface area contributed by atoms with Crippen LogP contribution in [-0.2, 0) is 4.79 Å². The summed E-state index contributed by atoms with van der Waals surface area (Å²) >= 11 is 0. The van der Waals surface area contributed by atoms with E-state index in [0.29, 0.717) is 18.8 Å². The Hall–Kier alpha value is -2.74. The van der Waals surface area contributed by atoms with Gasteiger partial charge in [-0.05, 0) is 38.4 Å². The van der Waals surface area contributed by atoms with Crippen LogP contribution in [0, 0.1) is 0 Å². The van der Waals surface area contributed by atoms with E-state index in [1.807, 2.05) is 42.3 Å². The number of nitrogens with zero attached hydrogens (tertiary/aromatic N) is 5. The van der Waals surface area contributed by atoms with E-state index in [4.69, 9.17) is 5.11 Å². The first-order chi connectivity index (χ1) is 12.5. The van der Waals surface area contributed by atoms with E-state index in [2.05, 4.69) is 10.2 Å². The standard InChI is InChI=1S/C18H23N5O3/c1-21(13-17(24)25)14-8-5-10-22(11-9-14)18(26)16-12-19-23(20-16)15-6-3-2-4-7-15/h2-4,6-7,12,14H,5,8-11,13H2,1H3,(H,24,25). The summed E-state index contributed by atoms with van der Waals surface area (Å²) in [6.07, 6.45) is 3.97. The van der Waals surface area contributed by atoms with Gasteiger partial charge in [0.25, 0.3) is 5.91 Å². The average molecular weight is 357 g/mol. The number of benzene rings is 1. The van der Waals surface area contributed by atoms with E-state index in [-0.39, 0.29) is 18.5 Å². The predicted octanol–water partition coefficient (Wildman–Crippen LogP) is 1.28. The Morgan fingerprint density at radius 3 is 2.73 bits per heavy atom. The van der Waals surface area contributed by atoms with Gasteiger partial charge in [0.15, 0.2) is 5.69 Å². The van der Waals surface area contributed by atoms with Gasteiger partial charge in [-0.25, -0.2) is 0 Å². The van der Waals surface area contributed by atoms with Crippen molar-refractivity contribution in [1.82, 2.24) is 24.8 Å². The van der Waals surface area contributed by atoms with Gasteiger partial charge in [-0.15, -0.1) is 5.10 Å². The van der Waals surface area contributed by atoms with Gasteiger partial charge in [0.2, 0.25) is 0 Å². The molecule has 2 heterocycles. The average Bonchev–Trinajstić information content (AvgIpc) is 2.99. The van der Waals surface area contributed by atoms with E-state index in [0.717, 1.165) is 24.9 Å². The largest absolute Gasteiger partial charge is 0.480 e. The summed E-state index contributed by atoms with van der Waals surface area (Å²) in [5, 5.41) is 17.4. The van der Waals surface area contributed by atoms with Crippen molar-refractivity contribution < 1.29 is 14.7 Å². The van der Waals surface area contributed by atoms with Crippen LogP contribution in [0.3, 0.4) is 0 Å². The Labute approximate surface area is 152 Å². The summed E-state index contributed by atoms with van der Waals surface area (Å²) in [7, 11) is 1.82. The Bertz CT molecular complexity index is 761. The highest BCUT2D eigenvalue weighted by Crippen LogP contribution is 2.17. The maximum Gasteiger partial charge on any atom is 0.317 e. The highest BCUT2D eigenvalue weighted by molar-refractivity contribution is 5.92. The van der Waals surface area contributed by atoms with Crippen LogP contribution in [0.2, 0.25) is 0 Å². The Kier molecular flexibility index (Phi) is 5.62. The second-order valence-corrected chi connectivity index (χ2v) is 6.54. The zero-order valence-electron chi connectivity index (χ0n) is 14.8. The topological polar surface area (TPSA) is 91.6 Å². The molecule has 0 bridgehead atoms. The number of aromatic nitrogens is 3. The number of likely N-dealkylation sites (N-methyl/N-ethyl adjacent to an activating group) is 1. The molecule has 3 rings (SSSR count). The lowest BCUT2D eigenvalue weighted by molar-refractivity contribution is -0.138. The molecule has 1 fully saturated rings. The summed E-state index contributed by atoms with van der Waals surface area (Å²) in [6.45, 7) is 1.25. The van der Waals surface area contributed by atoms with Gasteiger partial charge in [-0.2, -0.15) is 9.90 Å². The summed E-state index contributed by atoms with van der Waals surface area (Å²) in [6, 6.07) is 9.62. The highest BCUT2D eigenvalue weighted by atomic mass is 16.4. The van der Waals surface area contributed by atoms with Crippen LogP contribution < -0.4 is 0 Å². The molecule has 1 aliphatic rings. The number of carboxylic acid groups (broad SMARTS) is 1. The van der Waals surface area contributed by atoms with Crippen molar-refractivity contribution in [1.29, 1.82) is 0 Å². The first kappa shape index (κ1) is 18.1. The third kappa shape index (κ3) is 4.26. The number of carbonyl (C=O) groups excluding carboxylic acids is 1. The molecule has 1 aromatic heterocycles. The van der Waals surface area contributed by atoms with Crippen molar-refractivity contribution in [3.63, 3.8) is 0 Å². The maximum atomic E-state index is 12.8. The van der Waals surface area contributed by atoms with Crippen molar-refractivity contribution in [3.8, 4) is 5.69 Å². The molecule has 1 amide bonds. The molecule has 0 spiro atoms. The van der Waals surface area contributed by atoms with Crippen LogP contribution in [0.15, 0.2) is 36.5 Å². The van der Waals surface area contributed by atoms with Crippen LogP contribution in [-0.4, -0.2) is 74.5 Å². The Balaban J connectivity index is 1.64. The molecule has 1 saturated heterocycles. The van der Waals surface area contributed by atoms with E-state index < -0.39 is 5.97 Å². The van der Waals surface area contributed by atoms with Gasteiger partial charge < -0.3 is 10.0 Å². The molecule has 8 nitrogen and oxygen atoms in total. The zero-order valence-corrected chi connectivity index (χ0v) is 14.8. The molecular weight excluding hydrogens is 334 g/mol. The molecule has 1 aliphatic heterocycles. The molecule has 0 aliphatic carbocycles. The molecule has 1 atom stereocenters. The molecule has 0 radical (unpaired) electrons. The van der Waals surface area contributed by atoms with Crippen molar-refractivity contribution in [2.24, 2.45) is 0 Å². The third-order valence-corrected chi connectivity index (χ3v) is 4.69. The molecule has 138 valence electrons. The smallest absolute Gasteiger partial charge is 0.317 e. The molecule has 1 unspecified atom stereocenters. The molecule has 26 heavy (non-hydrogen) atoms. The van der Waals surface area contributed by atoms with Crippen molar-refractivity contribution in [2.75, 3.05) is 26.7 Å². The van der Waals surface area contributed by atoms with Gasteiger partial charge in [-0.3, -0.25) is 14.5 Å². The summed E-state index contributed by atoms with van der Waals surface area (Å²) in [5.74, 6) is -0.962. The van der Waals surface area contributed by atoms with Crippen molar-refractivity contribution >= 4 is 11.9 Å². The summed E-state index contributed by atoms with van der Waals surface area (Å²) in [5.41, 5.74) is 1.13. The zero-order chi connectivity index (χ0) is 18.5. The van der Waals surface area contributed by atoms with Crippen LogP contribution in [0.25, 0.3) is 5.69 Å². The van der Waals surface area contributed by atoms with E-state index in [1.54, 1.807) is 4.90 Å². The van der Waals surface area contributed by atoms with E-state index in [9.17, 15) is 9.59 Å². The molecule has 0 saturated carbocycles. The van der Waals surface area contributed by atoms with E-state index >= 15 is 0 Å². The lowest BCUT2D eigenvalue weighted by Crippen LogP contribution is -2.37. The van der Waals surface area contributed by atoms with Gasteiger partial charge in [0.05, 0.1) is 18.4 Å². The van der Waals surface area contributed by atoms with Gasteiger partial charge in [0, 0.05) is 19.1 Å². The number of rotatable bonds is 5. The summed E-state index contributed by atoms with van der Waals surface area (Å²) in [4.78, 5) is 28.7. The Morgan fingerprint density at radius 1 is 1.23 bits per heavy atom. The van der Waals surface area contributed by atoms with Crippen LogP contribution in [0.4, 0.5) is 0 Å². The number of aliphatic carboxylic acids is 1. The van der Waals surface area contributed by atoms with E-state index in [1.165, 1.54) is 11.0 Å². The minimum atomic E-state index is -0.831. The van der Waals surface area contributed by atoms with Crippen molar-refractivity contribution in [2.45, 2.75) is 25.3 Å². The van der Waals surface area contributed by atoms with Crippen molar-refractivity contribution in [3.05, 3.63) is 42.2 Å². The number of para-hydroxylation sites is 1. The molecule has 8 heteroatoms. The number of carbonyl (C=O) groups is 2. The van der Waals surface area contributed by atoms with Crippen LogP contribution in [0.5, 0.6) is 0 Å². The fraction of sp³-hybridized carbons (Fsp3) is 0.444. The van der Waals surface area contributed by atoms with Gasteiger partial charge >= 0.3 is 5.97 Å². The lowest BCUT2D eigenvalue weighted by atomic mass is 10.1. The number of amides is 1. The second-order valence-electron chi connectivity index (χ2n) is 6.54. The van der Waals surface area contributed by atoms with Crippen LogP contribution >= 0.6 is 0 Å². The minimum Gasteiger partial charge on any atom is -0.480 e. The second kappa shape index (κ2) is 8.09. The predicted molar refractivity (Wildman–Crippen MR) is 95.2 cm³/mol. The molecule has 1 N–H and O–H groups in total. The van der Waals surface area contributed by atoms with Crippen LogP contribution in [0.1, 0.15) is 29.8 Å². The number of hydrogen-bond donors (Lipinski definition) is 1.